The number of hydrogen-bond donors (Lipinski definition) is 1. The molecule has 0 atom stereocenters. The minimum absolute atomic E-state index is 0. The van der Waals surface area contributed by atoms with Crippen LogP contribution in [0.25, 0.3) is 11.3 Å². The number of aromatic nitrogens is 2. The van der Waals surface area contributed by atoms with Gasteiger partial charge < -0.3 is 9.47 Å². The van der Waals surface area contributed by atoms with Crippen LogP contribution in [0.4, 0.5) is 4.39 Å². The third kappa shape index (κ3) is 8.59. The first-order valence-corrected chi connectivity index (χ1v) is 15.2. The van der Waals surface area contributed by atoms with E-state index in [-0.39, 0.29) is 31.8 Å². The standard InChI is InChI=1S/C32H34FN3O5S.2H2/c1-22(2)21-41-27-19-25(18-26(33)20-27)29-16-15-28(31(37)36-42(38,39)30-14-9-10-23(3)34-30)32(35-29)40-17-8-7-13-24-11-5-4-6-12-24;;/h4-6,9-12,14-16,18-20,22H,7-8,13,17,21H2,1-3H3,(H,36,37);2*1H. The molecule has 2 aromatic heterocycles. The Bertz CT molecular complexity index is 1640. The lowest BCUT2D eigenvalue weighted by molar-refractivity contribution is 0.0976. The van der Waals surface area contributed by atoms with Crippen molar-refractivity contribution in [3.8, 4) is 22.9 Å². The van der Waals surface area contributed by atoms with Gasteiger partial charge in [-0.3, -0.25) is 4.79 Å². The van der Waals surface area contributed by atoms with E-state index in [1.165, 1.54) is 35.9 Å². The smallest absolute Gasteiger partial charge is 0.281 e. The molecule has 8 nitrogen and oxygen atoms in total. The number of nitrogens with one attached hydrogen (secondary N) is 1. The normalized spacial score (nSPS) is 11.4. The summed E-state index contributed by atoms with van der Waals surface area (Å²) in [5, 5.41) is -0.280. The Morgan fingerprint density at radius 3 is 2.48 bits per heavy atom. The average molecular weight is 596 g/mol. The van der Waals surface area contributed by atoms with Gasteiger partial charge in [-0.1, -0.05) is 50.2 Å². The van der Waals surface area contributed by atoms with Gasteiger partial charge in [-0.05, 0) is 74.1 Å². The molecule has 1 amide bonds. The van der Waals surface area contributed by atoms with Gasteiger partial charge in [-0.25, -0.2) is 19.1 Å². The zero-order chi connectivity index (χ0) is 30.1. The van der Waals surface area contributed by atoms with Crippen LogP contribution in [0, 0.1) is 18.7 Å². The number of benzene rings is 2. The number of rotatable bonds is 13. The van der Waals surface area contributed by atoms with E-state index in [9.17, 15) is 17.6 Å². The van der Waals surface area contributed by atoms with Crippen LogP contribution in [0.15, 0.2) is 83.9 Å². The van der Waals surface area contributed by atoms with Crippen LogP contribution in [0.5, 0.6) is 11.6 Å². The molecule has 4 aromatic rings. The maximum atomic E-state index is 14.5. The van der Waals surface area contributed by atoms with E-state index >= 15 is 0 Å². The van der Waals surface area contributed by atoms with Gasteiger partial charge in [-0.15, -0.1) is 0 Å². The molecule has 0 saturated heterocycles. The molecule has 0 aliphatic carbocycles. The second-order valence-electron chi connectivity index (χ2n) is 10.3. The predicted octanol–water partition coefficient (Wildman–Crippen LogP) is 6.64. The highest BCUT2D eigenvalue weighted by molar-refractivity contribution is 7.90. The maximum absolute atomic E-state index is 14.5. The molecular formula is C32H38FN3O5S. The molecule has 0 aliphatic rings. The fourth-order valence-electron chi connectivity index (χ4n) is 4.08. The number of carbonyl (C=O) groups is 1. The molecule has 0 bridgehead atoms. The summed E-state index contributed by atoms with van der Waals surface area (Å²) < 4.78 is 53.9. The molecule has 42 heavy (non-hydrogen) atoms. The number of unbranched alkanes of at least 4 members (excludes halogenated alkanes) is 1. The summed E-state index contributed by atoms with van der Waals surface area (Å²) >= 11 is 0. The number of carbonyl (C=O) groups excluding carboxylic acids is 1. The highest BCUT2D eigenvalue weighted by Gasteiger charge is 2.24. The number of hydrogen-bond acceptors (Lipinski definition) is 7. The molecule has 1 N–H and O–H groups in total. The summed E-state index contributed by atoms with van der Waals surface area (Å²) in [6.07, 6.45) is 2.36. The highest BCUT2D eigenvalue weighted by Crippen LogP contribution is 2.28. The minimum Gasteiger partial charge on any atom is -0.493 e. The van der Waals surface area contributed by atoms with Crippen LogP contribution >= 0.6 is 0 Å². The first kappa shape index (κ1) is 30.6. The van der Waals surface area contributed by atoms with Crippen molar-refractivity contribution in [3.05, 3.63) is 102 Å². The third-order valence-corrected chi connectivity index (χ3v) is 7.39. The molecule has 0 aliphatic heterocycles. The van der Waals surface area contributed by atoms with Gasteiger partial charge in [-0.2, -0.15) is 8.42 Å². The van der Waals surface area contributed by atoms with E-state index in [0.29, 0.717) is 35.7 Å². The first-order chi connectivity index (χ1) is 20.1. The molecule has 0 unspecified atom stereocenters. The van der Waals surface area contributed by atoms with Gasteiger partial charge in [0, 0.05) is 20.2 Å². The monoisotopic (exact) mass is 595 g/mol. The van der Waals surface area contributed by atoms with Gasteiger partial charge in [0.15, 0.2) is 5.03 Å². The molecule has 0 radical (unpaired) electrons. The lowest BCUT2D eigenvalue weighted by atomic mass is 10.1. The lowest BCUT2D eigenvalue weighted by Crippen LogP contribution is -2.31. The Morgan fingerprint density at radius 1 is 0.952 bits per heavy atom. The van der Waals surface area contributed by atoms with Crippen molar-refractivity contribution in [1.82, 2.24) is 14.7 Å². The number of ether oxygens (including phenoxy) is 2. The van der Waals surface area contributed by atoms with Crippen LogP contribution in [0.1, 0.15) is 51.2 Å². The van der Waals surface area contributed by atoms with Crippen LogP contribution < -0.4 is 14.2 Å². The second kappa shape index (κ2) is 14.0. The molecule has 2 aromatic carbocycles. The van der Waals surface area contributed by atoms with Crippen LogP contribution in [-0.4, -0.2) is 37.5 Å². The van der Waals surface area contributed by atoms with Crippen molar-refractivity contribution >= 4 is 15.9 Å². The topological polar surface area (TPSA) is 107 Å². The lowest BCUT2D eigenvalue weighted by Gasteiger charge is -2.14. The summed E-state index contributed by atoms with van der Waals surface area (Å²) in [5.74, 6) is -0.888. The van der Waals surface area contributed by atoms with Crippen LogP contribution in [-0.2, 0) is 16.4 Å². The van der Waals surface area contributed by atoms with Crippen molar-refractivity contribution < 1.29 is 29.9 Å². The molecule has 224 valence electrons. The number of sulfonamides is 1. The fraction of sp³-hybridized carbons (Fsp3) is 0.281. The average Bonchev–Trinajstić information content (AvgIpc) is 2.96. The number of aryl methyl sites for hydroxylation is 2. The van der Waals surface area contributed by atoms with E-state index < -0.39 is 21.7 Å². The van der Waals surface area contributed by atoms with Crippen LogP contribution in [0.3, 0.4) is 0 Å². The van der Waals surface area contributed by atoms with Gasteiger partial charge >= 0.3 is 0 Å². The van der Waals surface area contributed by atoms with Crippen molar-refractivity contribution in [1.29, 1.82) is 0 Å². The zero-order valence-electron chi connectivity index (χ0n) is 23.8. The Labute approximate surface area is 249 Å². The molecule has 0 spiro atoms. The molecule has 4 rings (SSSR count). The Morgan fingerprint density at radius 2 is 1.74 bits per heavy atom. The van der Waals surface area contributed by atoms with Crippen molar-refractivity contribution in [2.45, 2.75) is 45.1 Å². The van der Waals surface area contributed by atoms with Crippen molar-refractivity contribution in [2.24, 2.45) is 5.92 Å². The van der Waals surface area contributed by atoms with Crippen LogP contribution in [0.2, 0.25) is 0 Å². The number of nitrogens with zero attached hydrogens (tertiary/aromatic N) is 2. The van der Waals surface area contributed by atoms with Gasteiger partial charge in [0.2, 0.25) is 5.88 Å². The highest BCUT2D eigenvalue weighted by atomic mass is 32.2. The number of pyridine rings is 2. The Balaban J connectivity index is 0.00000337. The Hall–Kier alpha value is -4.31. The maximum Gasteiger partial charge on any atom is 0.281 e. The third-order valence-electron chi connectivity index (χ3n) is 6.16. The molecular weight excluding hydrogens is 557 g/mol. The summed E-state index contributed by atoms with van der Waals surface area (Å²) in [6, 6.07) is 21.7. The van der Waals surface area contributed by atoms with E-state index in [1.54, 1.807) is 25.1 Å². The van der Waals surface area contributed by atoms with Crippen molar-refractivity contribution in [3.63, 3.8) is 0 Å². The molecule has 0 fully saturated rings. The molecule has 0 saturated carbocycles. The summed E-state index contributed by atoms with van der Waals surface area (Å²) in [6.45, 7) is 6.28. The summed E-state index contributed by atoms with van der Waals surface area (Å²) in [4.78, 5) is 21.7. The predicted molar refractivity (Wildman–Crippen MR) is 163 cm³/mol. The number of amides is 1. The second-order valence-corrected chi connectivity index (χ2v) is 11.9. The van der Waals surface area contributed by atoms with E-state index in [1.807, 2.05) is 32.0 Å². The van der Waals surface area contributed by atoms with E-state index in [0.717, 1.165) is 12.8 Å². The molecule has 2 heterocycles. The largest absolute Gasteiger partial charge is 0.493 e. The quantitative estimate of drug-likeness (QED) is 0.173. The molecule has 10 heteroatoms. The van der Waals surface area contributed by atoms with Crippen molar-refractivity contribution in [2.75, 3.05) is 13.2 Å². The van der Waals surface area contributed by atoms with Gasteiger partial charge in [0.1, 0.15) is 17.1 Å². The zero-order valence-corrected chi connectivity index (χ0v) is 24.7. The Kier molecular flexibility index (Phi) is 10.2. The number of halogens is 1. The fourth-order valence-corrected chi connectivity index (χ4v) is 5.06. The minimum atomic E-state index is -4.25. The summed E-state index contributed by atoms with van der Waals surface area (Å²) in [5.41, 5.74) is 2.37. The first-order valence-electron chi connectivity index (χ1n) is 13.7. The SMILES string of the molecule is Cc1cccc(S(=O)(=O)NC(=O)c2ccc(-c3cc(F)cc(OCC(C)C)c3)nc2OCCCCc2ccccc2)n1.[HH].[HH]. The van der Waals surface area contributed by atoms with Gasteiger partial charge in [0.25, 0.3) is 15.9 Å². The van der Waals surface area contributed by atoms with E-state index in [4.69, 9.17) is 9.47 Å². The van der Waals surface area contributed by atoms with Gasteiger partial charge in [0.05, 0.1) is 18.9 Å². The van der Waals surface area contributed by atoms with E-state index in [2.05, 4.69) is 26.8 Å². The summed E-state index contributed by atoms with van der Waals surface area (Å²) in [7, 11) is -4.25.